The number of carbonyl (C=O) groups is 1. The maximum absolute atomic E-state index is 13.6. The van der Waals surface area contributed by atoms with Gasteiger partial charge in [-0.25, -0.2) is 30.0 Å². The van der Waals surface area contributed by atoms with Crippen molar-refractivity contribution in [3.05, 3.63) is 58.4 Å². The van der Waals surface area contributed by atoms with Gasteiger partial charge < -0.3 is 10.4 Å². The smallest absolute Gasteiger partial charge is 0.255 e. The first kappa shape index (κ1) is 27.9. The molecule has 0 heterocycles. The van der Waals surface area contributed by atoms with Crippen LogP contribution in [0.25, 0.3) is 0 Å². The fourth-order valence-electron chi connectivity index (χ4n) is 5.49. The van der Waals surface area contributed by atoms with E-state index in [0.717, 1.165) is 12.3 Å². The van der Waals surface area contributed by atoms with E-state index in [9.17, 15) is 39.9 Å². The number of hydrogen-bond acceptors (Lipinski definition) is 6. The van der Waals surface area contributed by atoms with Crippen LogP contribution < -0.4 is 5.32 Å². The monoisotopic (exact) mass is 579 g/mol. The van der Waals surface area contributed by atoms with Gasteiger partial charge in [0, 0.05) is 29.6 Å². The molecule has 2 aliphatic rings. The first-order chi connectivity index (χ1) is 17.1. The van der Waals surface area contributed by atoms with Crippen LogP contribution in [0.1, 0.15) is 42.5 Å². The van der Waals surface area contributed by atoms with Gasteiger partial charge in [0.15, 0.2) is 27.3 Å². The third-order valence-corrected chi connectivity index (χ3v) is 11.0. The van der Waals surface area contributed by atoms with Crippen LogP contribution >= 0.6 is 11.6 Å². The van der Waals surface area contributed by atoms with Crippen molar-refractivity contribution in [2.45, 2.75) is 47.9 Å². The van der Waals surface area contributed by atoms with Crippen LogP contribution in [0.2, 0.25) is 5.02 Å². The standard InChI is InChI=1S/C24H25ClF3NO6S2/c1-36(32,33)7-6-24(31)14-3-4-15(24)10-17(9-14)37(34,35)21-8-13(2-5-18(21)25)23(30)29-16-11-19(26)22(28)20(27)12-16/h2,5,8,11-12,14-15,17,31H,3-4,6-7,9-10H2,1H3,(H,29,30). The Bertz CT molecular complexity index is 1430. The first-order valence-electron chi connectivity index (χ1n) is 11.5. The number of hydrogen-bond donors (Lipinski definition) is 2. The van der Waals surface area contributed by atoms with E-state index >= 15 is 0 Å². The zero-order chi connectivity index (χ0) is 27.3. The highest BCUT2D eigenvalue weighted by Gasteiger charge is 2.55. The highest BCUT2D eigenvalue weighted by atomic mass is 35.5. The third-order valence-electron chi connectivity index (χ3n) is 7.43. The number of amides is 1. The molecule has 2 N–H and O–H groups in total. The Morgan fingerprint density at radius 3 is 2.16 bits per heavy atom. The Hall–Kier alpha value is -2.15. The average Bonchev–Trinajstić information content (AvgIpc) is 2.97. The number of nitrogens with one attached hydrogen (secondary N) is 1. The predicted octanol–water partition coefficient (Wildman–Crippen LogP) is 4.14. The lowest BCUT2D eigenvalue weighted by Crippen LogP contribution is -2.49. The van der Waals surface area contributed by atoms with E-state index in [1.807, 2.05) is 0 Å². The van der Waals surface area contributed by atoms with E-state index < -0.39 is 65.7 Å². The number of benzene rings is 2. The summed E-state index contributed by atoms with van der Waals surface area (Å²) >= 11 is 6.20. The van der Waals surface area contributed by atoms with Gasteiger partial charge in [0.2, 0.25) is 0 Å². The number of sulfone groups is 2. The van der Waals surface area contributed by atoms with Crippen molar-refractivity contribution in [1.82, 2.24) is 0 Å². The maximum atomic E-state index is 13.6. The van der Waals surface area contributed by atoms with E-state index in [1.54, 1.807) is 0 Å². The lowest BCUT2D eigenvalue weighted by Gasteiger charge is -2.42. The van der Waals surface area contributed by atoms with Crippen molar-refractivity contribution >= 4 is 42.9 Å². The van der Waals surface area contributed by atoms with Crippen molar-refractivity contribution in [3.8, 4) is 0 Å². The van der Waals surface area contributed by atoms with Crippen LogP contribution in [0.5, 0.6) is 0 Å². The Balaban J connectivity index is 1.56. The van der Waals surface area contributed by atoms with E-state index in [0.29, 0.717) is 25.0 Å². The second-order valence-electron chi connectivity index (χ2n) is 9.83. The number of rotatable bonds is 7. The van der Waals surface area contributed by atoms with Crippen LogP contribution in [-0.2, 0) is 19.7 Å². The van der Waals surface area contributed by atoms with Crippen molar-refractivity contribution in [2.24, 2.45) is 11.8 Å². The van der Waals surface area contributed by atoms with Gasteiger partial charge >= 0.3 is 0 Å². The fraction of sp³-hybridized carbons (Fsp3) is 0.458. The zero-order valence-electron chi connectivity index (χ0n) is 19.7. The molecular formula is C24H25ClF3NO6S2. The molecule has 2 atom stereocenters. The summed E-state index contributed by atoms with van der Waals surface area (Å²) in [7, 11) is -7.38. The van der Waals surface area contributed by atoms with Gasteiger partial charge in [-0.15, -0.1) is 0 Å². The third kappa shape index (κ3) is 5.52. The summed E-state index contributed by atoms with van der Waals surface area (Å²) in [6.45, 7) is 0. The Morgan fingerprint density at radius 2 is 1.62 bits per heavy atom. The van der Waals surface area contributed by atoms with Crippen molar-refractivity contribution in [1.29, 1.82) is 0 Å². The summed E-state index contributed by atoms with van der Waals surface area (Å²) in [4.78, 5) is 12.4. The predicted molar refractivity (Wildman–Crippen MR) is 131 cm³/mol. The van der Waals surface area contributed by atoms with E-state index in [2.05, 4.69) is 5.32 Å². The molecule has 2 aromatic carbocycles. The second-order valence-corrected chi connectivity index (χ2v) is 14.7. The normalized spacial score (nSPS) is 25.7. The van der Waals surface area contributed by atoms with Gasteiger partial charge in [-0.2, -0.15) is 0 Å². The number of halogens is 4. The van der Waals surface area contributed by atoms with E-state index in [4.69, 9.17) is 11.6 Å². The topological polar surface area (TPSA) is 118 Å². The van der Waals surface area contributed by atoms with Crippen LogP contribution in [0, 0.1) is 29.3 Å². The van der Waals surface area contributed by atoms with Gasteiger partial charge in [-0.1, -0.05) is 11.6 Å². The van der Waals surface area contributed by atoms with Gasteiger partial charge in [0.1, 0.15) is 9.84 Å². The molecule has 1 amide bonds. The molecule has 0 saturated heterocycles. The summed E-state index contributed by atoms with van der Waals surface area (Å²) in [6.07, 6.45) is 2.48. The van der Waals surface area contributed by atoms with Crippen molar-refractivity contribution < 1.29 is 39.9 Å². The van der Waals surface area contributed by atoms with Crippen LogP contribution in [0.4, 0.5) is 18.9 Å². The molecule has 0 aromatic heterocycles. The highest BCUT2D eigenvalue weighted by molar-refractivity contribution is 7.92. The zero-order valence-corrected chi connectivity index (χ0v) is 22.1. The van der Waals surface area contributed by atoms with Crippen LogP contribution in [0.15, 0.2) is 35.2 Å². The van der Waals surface area contributed by atoms with E-state index in [1.165, 1.54) is 12.1 Å². The summed E-state index contributed by atoms with van der Waals surface area (Å²) in [5.74, 6) is -6.59. The van der Waals surface area contributed by atoms with Crippen molar-refractivity contribution in [2.75, 3.05) is 17.3 Å². The maximum Gasteiger partial charge on any atom is 0.255 e. The molecule has 37 heavy (non-hydrogen) atoms. The lowest BCUT2D eigenvalue weighted by atomic mass is 9.73. The highest BCUT2D eigenvalue weighted by Crippen LogP contribution is 2.53. The first-order valence-corrected chi connectivity index (χ1v) is 15.5. The molecule has 0 aliphatic heterocycles. The van der Waals surface area contributed by atoms with Gasteiger partial charge in [0.05, 0.1) is 26.5 Å². The summed E-state index contributed by atoms with van der Waals surface area (Å²) < 4.78 is 90.6. The minimum atomic E-state index is -4.07. The molecule has 202 valence electrons. The number of fused-ring (bicyclic) bond motifs is 2. The molecule has 2 aromatic rings. The molecule has 0 radical (unpaired) electrons. The molecule has 0 spiro atoms. The molecule has 7 nitrogen and oxygen atoms in total. The summed E-state index contributed by atoms with van der Waals surface area (Å²) in [5, 5.41) is 12.4. The molecule has 2 saturated carbocycles. The van der Waals surface area contributed by atoms with Crippen LogP contribution in [0.3, 0.4) is 0 Å². The minimum Gasteiger partial charge on any atom is -0.389 e. The molecule has 2 bridgehead atoms. The van der Waals surface area contributed by atoms with Crippen molar-refractivity contribution in [3.63, 3.8) is 0 Å². The molecule has 13 heteroatoms. The van der Waals surface area contributed by atoms with Gasteiger partial charge in [-0.05, 0) is 62.1 Å². The number of carbonyl (C=O) groups excluding carboxylic acids is 1. The number of aliphatic hydroxyl groups is 1. The Morgan fingerprint density at radius 1 is 1.05 bits per heavy atom. The van der Waals surface area contributed by atoms with E-state index in [-0.39, 0.29) is 46.2 Å². The van der Waals surface area contributed by atoms with Gasteiger partial charge in [-0.3, -0.25) is 4.79 Å². The number of anilines is 1. The summed E-state index contributed by atoms with van der Waals surface area (Å²) in [6, 6.07) is 4.70. The minimum absolute atomic E-state index is 0.0366. The lowest BCUT2D eigenvalue weighted by molar-refractivity contribution is -0.0603. The molecule has 4 rings (SSSR count). The SMILES string of the molecule is CS(=O)(=O)CCC1(O)C2CCC1CC(S(=O)(=O)c1cc(C(=O)Nc3cc(F)c(F)c(F)c3)ccc1Cl)C2. The average molecular weight is 580 g/mol. The molecule has 2 unspecified atom stereocenters. The fourth-order valence-corrected chi connectivity index (χ4v) is 8.59. The molecule has 2 fully saturated rings. The Kier molecular flexibility index (Phi) is 7.43. The molecule has 2 aliphatic carbocycles. The quantitative estimate of drug-likeness (QED) is 0.476. The second kappa shape index (κ2) is 9.87. The van der Waals surface area contributed by atoms with Gasteiger partial charge in [0.25, 0.3) is 5.91 Å². The van der Waals surface area contributed by atoms with Crippen LogP contribution in [-0.4, -0.2) is 50.7 Å². The Labute approximate surface area is 217 Å². The largest absolute Gasteiger partial charge is 0.389 e. The molecular weight excluding hydrogens is 555 g/mol. The summed E-state index contributed by atoms with van der Waals surface area (Å²) in [5.41, 5.74) is -1.78.